The summed E-state index contributed by atoms with van der Waals surface area (Å²) in [7, 11) is 0. The van der Waals surface area contributed by atoms with Gasteiger partial charge in [-0.15, -0.1) is 0 Å². The van der Waals surface area contributed by atoms with Crippen LogP contribution in [0.1, 0.15) is 32.2 Å². The number of hydrogen-bond donors (Lipinski definition) is 1. The summed E-state index contributed by atoms with van der Waals surface area (Å²) >= 11 is 0. The zero-order valence-electron chi connectivity index (χ0n) is 11.6. The molecular weight excluding hydrogens is 212 g/mol. The molecule has 0 saturated heterocycles. The third-order valence-corrected chi connectivity index (χ3v) is 2.74. The quantitative estimate of drug-likeness (QED) is 0.785. The third-order valence-electron chi connectivity index (χ3n) is 2.74. The van der Waals surface area contributed by atoms with Gasteiger partial charge in [0.2, 0.25) is 0 Å². The van der Waals surface area contributed by atoms with Crippen molar-refractivity contribution in [3.8, 4) is 0 Å². The number of nitrogens with two attached hydrogens (primary N) is 1. The zero-order chi connectivity index (χ0) is 12.8. The average molecular weight is 238 g/mol. The van der Waals surface area contributed by atoms with Crippen LogP contribution < -0.4 is 5.73 Å². The topological polar surface area (TPSA) is 47.1 Å². The lowest BCUT2D eigenvalue weighted by molar-refractivity contribution is 0.236. The van der Waals surface area contributed by atoms with E-state index in [9.17, 15) is 0 Å². The van der Waals surface area contributed by atoms with E-state index in [2.05, 4.69) is 41.5 Å². The smallest absolute Gasteiger partial charge is 0.0597 e. The Morgan fingerprint density at radius 3 is 2.71 bits per heavy atom. The SMILES string of the molecule is CCn1nc(C)cc1CN(CCN)CC(C)C. The molecule has 2 N–H and O–H groups in total. The molecule has 0 saturated carbocycles. The third kappa shape index (κ3) is 4.48. The molecule has 0 aliphatic heterocycles. The molecule has 0 aliphatic carbocycles. The van der Waals surface area contributed by atoms with Crippen LogP contribution >= 0.6 is 0 Å². The molecule has 1 aromatic rings. The largest absolute Gasteiger partial charge is 0.329 e. The predicted molar refractivity (Wildman–Crippen MR) is 71.8 cm³/mol. The van der Waals surface area contributed by atoms with Crippen LogP contribution in [0.5, 0.6) is 0 Å². The summed E-state index contributed by atoms with van der Waals surface area (Å²) in [5, 5.41) is 4.48. The minimum atomic E-state index is 0.667. The van der Waals surface area contributed by atoms with Gasteiger partial charge in [-0.3, -0.25) is 9.58 Å². The van der Waals surface area contributed by atoms with Crippen molar-refractivity contribution in [3.05, 3.63) is 17.5 Å². The van der Waals surface area contributed by atoms with Crippen LogP contribution in [0.15, 0.2) is 6.07 Å². The van der Waals surface area contributed by atoms with Crippen LogP contribution in [-0.2, 0) is 13.1 Å². The first-order chi connectivity index (χ1) is 8.06. The van der Waals surface area contributed by atoms with Crippen LogP contribution in [0, 0.1) is 12.8 Å². The molecule has 0 amide bonds. The van der Waals surface area contributed by atoms with Crippen molar-refractivity contribution in [2.24, 2.45) is 11.7 Å². The first kappa shape index (κ1) is 14.2. The molecule has 1 rings (SSSR count). The number of nitrogens with zero attached hydrogens (tertiary/aromatic N) is 3. The van der Waals surface area contributed by atoms with Crippen molar-refractivity contribution in [3.63, 3.8) is 0 Å². The van der Waals surface area contributed by atoms with Crippen molar-refractivity contribution in [1.82, 2.24) is 14.7 Å². The average Bonchev–Trinajstić information content (AvgIpc) is 2.58. The molecule has 0 bridgehead atoms. The van der Waals surface area contributed by atoms with E-state index >= 15 is 0 Å². The standard InChI is InChI=1S/C13H26N4/c1-5-17-13(8-12(4)15-17)10-16(7-6-14)9-11(2)3/h8,11H,5-7,9-10,14H2,1-4H3. The van der Waals surface area contributed by atoms with Gasteiger partial charge in [0, 0.05) is 32.7 Å². The summed E-state index contributed by atoms with van der Waals surface area (Å²) in [6.07, 6.45) is 0. The fourth-order valence-electron chi connectivity index (χ4n) is 2.16. The Morgan fingerprint density at radius 2 is 2.18 bits per heavy atom. The van der Waals surface area contributed by atoms with Gasteiger partial charge >= 0.3 is 0 Å². The molecule has 0 radical (unpaired) electrons. The molecule has 0 aliphatic rings. The van der Waals surface area contributed by atoms with Crippen molar-refractivity contribution in [2.45, 2.75) is 40.8 Å². The van der Waals surface area contributed by atoms with Crippen LogP contribution in [0.2, 0.25) is 0 Å². The molecule has 0 aromatic carbocycles. The van der Waals surface area contributed by atoms with Gasteiger partial charge in [0.25, 0.3) is 0 Å². The molecule has 1 aromatic heterocycles. The van der Waals surface area contributed by atoms with Crippen molar-refractivity contribution in [2.75, 3.05) is 19.6 Å². The summed E-state index contributed by atoms with van der Waals surface area (Å²) in [5.74, 6) is 0.667. The monoisotopic (exact) mass is 238 g/mol. The molecule has 98 valence electrons. The fraction of sp³-hybridized carbons (Fsp3) is 0.769. The van der Waals surface area contributed by atoms with Crippen molar-refractivity contribution in [1.29, 1.82) is 0 Å². The van der Waals surface area contributed by atoms with Crippen molar-refractivity contribution >= 4 is 0 Å². The van der Waals surface area contributed by atoms with Crippen LogP contribution in [0.3, 0.4) is 0 Å². The Bertz CT molecular complexity index is 330. The fourth-order valence-corrected chi connectivity index (χ4v) is 2.16. The Hall–Kier alpha value is -0.870. The lowest BCUT2D eigenvalue weighted by Crippen LogP contribution is -2.33. The molecule has 0 fully saturated rings. The Balaban J connectivity index is 2.70. The maximum atomic E-state index is 5.67. The molecule has 4 nitrogen and oxygen atoms in total. The Morgan fingerprint density at radius 1 is 1.47 bits per heavy atom. The first-order valence-electron chi connectivity index (χ1n) is 6.52. The number of rotatable bonds is 7. The Kier molecular flexibility index (Phi) is 5.65. The summed E-state index contributed by atoms with van der Waals surface area (Å²) in [6, 6.07) is 2.17. The van der Waals surface area contributed by atoms with E-state index in [1.807, 2.05) is 6.92 Å². The highest BCUT2D eigenvalue weighted by Crippen LogP contribution is 2.09. The Labute approximate surface area is 105 Å². The van der Waals surface area contributed by atoms with E-state index in [1.54, 1.807) is 0 Å². The zero-order valence-corrected chi connectivity index (χ0v) is 11.6. The van der Waals surface area contributed by atoms with Gasteiger partial charge in [0.1, 0.15) is 0 Å². The highest BCUT2D eigenvalue weighted by molar-refractivity contribution is 5.08. The normalized spacial score (nSPS) is 11.7. The van der Waals surface area contributed by atoms with Crippen LogP contribution in [-0.4, -0.2) is 34.3 Å². The second-order valence-electron chi connectivity index (χ2n) is 5.01. The molecule has 17 heavy (non-hydrogen) atoms. The molecule has 1 heterocycles. The number of hydrogen-bond acceptors (Lipinski definition) is 3. The van der Waals surface area contributed by atoms with Crippen molar-refractivity contribution < 1.29 is 0 Å². The lowest BCUT2D eigenvalue weighted by Gasteiger charge is -2.23. The molecule has 0 spiro atoms. The molecule has 0 atom stereocenters. The molecular formula is C13H26N4. The van der Waals surface area contributed by atoms with E-state index in [0.717, 1.165) is 31.9 Å². The minimum Gasteiger partial charge on any atom is -0.329 e. The van der Waals surface area contributed by atoms with E-state index in [-0.39, 0.29) is 0 Å². The minimum absolute atomic E-state index is 0.667. The molecule has 0 unspecified atom stereocenters. The van der Waals surface area contributed by atoms with Gasteiger partial charge in [0.15, 0.2) is 0 Å². The van der Waals surface area contributed by atoms with E-state index in [1.165, 1.54) is 5.69 Å². The summed E-state index contributed by atoms with van der Waals surface area (Å²) in [4.78, 5) is 2.41. The van der Waals surface area contributed by atoms with Crippen LogP contribution in [0.25, 0.3) is 0 Å². The van der Waals surface area contributed by atoms with Gasteiger partial charge in [0.05, 0.1) is 11.4 Å². The van der Waals surface area contributed by atoms with Gasteiger partial charge < -0.3 is 5.73 Å². The van der Waals surface area contributed by atoms with E-state index in [0.29, 0.717) is 12.5 Å². The second kappa shape index (κ2) is 6.77. The number of aromatic nitrogens is 2. The number of aryl methyl sites for hydroxylation is 2. The van der Waals surface area contributed by atoms with Gasteiger partial charge in [-0.1, -0.05) is 13.8 Å². The maximum absolute atomic E-state index is 5.67. The van der Waals surface area contributed by atoms with E-state index < -0.39 is 0 Å². The highest BCUT2D eigenvalue weighted by Gasteiger charge is 2.11. The van der Waals surface area contributed by atoms with Gasteiger partial charge in [-0.25, -0.2) is 0 Å². The van der Waals surface area contributed by atoms with Crippen LogP contribution in [0.4, 0.5) is 0 Å². The van der Waals surface area contributed by atoms with E-state index in [4.69, 9.17) is 5.73 Å². The maximum Gasteiger partial charge on any atom is 0.0597 e. The predicted octanol–water partition coefficient (Wildman–Crippen LogP) is 1.63. The summed E-state index contributed by atoms with van der Waals surface area (Å²) < 4.78 is 2.08. The first-order valence-corrected chi connectivity index (χ1v) is 6.52. The summed E-state index contributed by atoms with van der Waals surface area (Å²) in [5.41, 5.74) is 8.06. The van der Waals surface area contributed by atoms with Gasteiger partial charge in [-0.2, -0.15) is 5.10 Å². The second-order valence-corrected chi connectivity index (χ2v) is 5.01. The summed E-state index contributed by atoms with van der Waals surface area (Å²) in [6.45, 7) is 13.3. The molecule has 4 heteroatoms. The highest BCUT2D eigenvalue weighted by atomic mass is 15.3. The lowest BCUT2D eigenvalue weighted by atomic mass is 10.2. The van der Waals surface area contributed by atoms with Gasteiger partial charge in [-0.05, 0) is 25.8 Å².